The highest BCUT2D eigenvalue weighted by Gasteiger charge is 2.33. The molecule has 0 bridgehead atoms. The zero-order valence-electron chi connectivity index (χ0n) is 17.5. The Labute approximate surface area is 185 Å². The van der Waals surface area contributed by atoms with Gasteiger partial charge in [0.25, 0.3) is 0 Å². The van der Waals surface area contributed by atoms with Crippen LogP contribution in [0.15, 0.2) is 12.5 Å². The van der Waals surface area contributed by atoms with Crippen LogP contribution in [0, 0.1) is 5.92 Å². The van der Waals surface area contributed by atoms with Gasteiger partial charge in [0.15, 0.2) is 6.04 Å². The number of aliphatic carboxylic acids is 1. The van der Waals surface area contributed by atoms with Crippen molar-refractivity contribution in [2.75, 3.05) is 5.75 Å². The van der Waals surface area contributed by atoms with Crippen molar-refractivity contribution < 1.29 is 29.4 Å². The summed E-state index contributed by atoms with van der Waals surface area (Å²) in [6.07, 6.45) is 1.44. The number of hydrogen-bond acceptors (Lipinski definition) is 8. The zero-order chi connectivity index (χ0) is 23.7. The molecule has 5 atom stereocenters. The Hall–Kier alpha value is -2.64. The van der Waals surface area contributed by atoms with Crippen molar-refractivity contribution in [3.05, 3.63) is 18.2 Å². The molecule has 174 valence electrons. The largest absolute Gasteiger partial charge is 0.480 e. The first-order valence-electron chi connectivity index (χ1n) is 9.63. The first-order valence-corrected chi connectivity index (χ1v) is 10.3. The van der Waals surface area contributed by atoms with Crippen molar-refractivity contribution in [3.8, 4) is 0 Å². The maximum Gasteiger partial charge on any atom is 0.328 e. The highest BCUT2D eigenvalue weighted by atomic mass is 32.1. The van der Waals surface area contributed by atoms with Gasteiger partial charge in [-0.25, -0.2) is 9.78 Å². The highest BCUT2D eigenvalue weighted by Crippen LogP contribution is 2.06. The summed E-state index contributed by atoms with van der Waals surface area (Å²) in [6, 6.07) is -4.68. The van der Waals surface area contributed by atoms with Crippen LogP contribution >= 0.6 is 12.6 Å². The Kier molecular flexibility index (Phi) is 10.4. The summed E-state index contributed by atoms with van der Waals surface area (Å²) >= 11 is 3.96. The second-order valence-corrected chi connectivity index (χ2v) is 7.79. The van der Waals surface area contributed by atoms with Crippen molar-refractivity contribution in [2.24, 2.45) is 11.7 Å². The number of carboxylic acid groups (broad SMARTS) is 1. The van der Waals surface area contributed by atoms with E-state index in [-0.39, 0.29) is 18.1 Å². The topological polar surface area (TPSA) is 200 Å². The average molecular weight is 459 g/mol. The summed E-state index contributed by atoms with van der Waals surface area (Å²) in [4.78, 5) is 55.7. The molecular weight excluding hydrogens is 428 g/mol. The van der Waals surface area contributed by atoms with Gasteiger partial charge in [0.05, 0.1) is 18.5 Å². The molecular formula is C18H30N6O6S. The summed E-state index contributed by atoms with van der Waals surface area (Å²) in [6.45, 7) is 4.62. The number of imidazole rings is 1. The molecule has 0 radical (unpaired) electrons. The number of carbonyl (C=O) groups is 4. The van der Waals surface area contributed by atoms with Gasteiger partial charge in [0.2, 0.25) is 17.7 Å². The van der Waals surface area contributed by atoms with Gasteiger partial charge >= 0.3 is 5.97 Å². The number of aromatic nitrogens is 2. The van der Waals surface area contributed by atoms with Gasteiger partial charge in [0.1, 0.15) is 12.1 Å². The summed E-state index contributed by atoms with van der Waals surface area (Å²) in [5.74, 6) is -3.73. The molecule has 0 aliphatic rings. The monoisotopic (exact) mass is 458 g/mol. The number of thiol groups is 1. The second kappa shape index (κ2) is 12.3. The third-order valence-electron chi connectivity index (χ3n) is 4.44. The van der Waals surface area contributed by atoms with E-state index in [9.17, 15) is 29.4 Å². The number of rotatable bonds is 12. The number of nitrogens with one attached hydrogen (secondary N) is 4. The van der Waals surface area contributed by atoms with E-state index in [0.29, 0.717) is 5.69 Å². The molecule has 1 heterocycles. The van der Waals surface area contributed by atoms with Crippen LogP contribution in [0.3, 0.4) is 0 Å². The van der Waals surface area contributed by atoms with E-state index in [2.05, 4.69) is 38.5 Å². The quantitative estimate of drug-likeness (QED) is 0.161. The van der Waals surface area contributed by atoms with Gasteiger partial charge in [-0.05, 0) is 12.8 Å². The minimum Gasteiger partial charge on any atom is -0.480 e. The van der Waals surface area contributed by atoms with Gasteiger partial charge in [-0.1, -0.05) is 13.8 Å². The molecule has 0 saturated heterocycles. The molecule has 0 spiro atoms. The SMILES string of the molecule is CC(C)C(NC(=O)C(N)CS)C(=O)NC(Cc1cnc[nH]1)C(=O)NC(C(=O)O)C(C)O. The van der Waals surface area contributed by atoms with Crippen LogP contribution in [0.25, 0.3) is 0 Å². The zero-order valence-corrected chi connectivity index (χ0v) is 18.4. The van der Waals surface area contributed by atoms with Crippen LogP contribution < -0.4 is 21.7 Å². The molecule has 1 rings (SSSR count). The van der Waals surface area contributed by atoms with E-state index in [0.717, 1.165) is 0 Å². The summed E-state index contributed by atoms with van der Waals surface area (Å²) in [5.41, 5.74) is 6.15. The predicted octanol–water partition coefficient (Wildman–Crippen LogP) is -2.21. The number of carbonyl (C=O) groups excluding carboxylic acids is 3. The van der Waals surface area contributed by atoms with Crippen molar-refractivity contribution in [2.45, 2.75) is 57.5 Å². The number of nitrogens with zero attached hydrogens (tertiary/aromatic N) is 1. The van der Waals surface area contributed by atoms with Crippen LogP contribution in [0.1, 0.15) is 26.5 Å². The van der Waals surface area contributed by atoms with Crippen molar-refractivity contribution in [1.29, 1.82) is 0 Å². The lowest BCUT2D eigenvalue weighted by molar-refractivity contribution is -0.145. The van der Waals surface area contributed by atoms with Crippen LogP contribution in [-0.2, 0) is 25.6 Å². The number of aliphatic hydroxyl groups is 1. The van der Waals surface area contributed by atoms with Crippen LogP contribution in [-0.4, -0.2) is 79.9 Å². The van der Waals surface area contributed by atoms with E-state index in [1.165, 1.54) is 19.4 Å². The van der Waals surface area contributed by atoms with Gasteiger partial charge in [-0.15, -0.1) is 0 Å². The number of carboxylic acids is 1. The number of aliphatic hydroxyl groups excluding tert-OH is 1. The molecule has 1 aromatic heterocycles. The highest BCUT2D eigenvalue weighted by molar-refractivity contribution is 7.80. The number of hydrogen-bond donors (Lipinski definition) is 8. The molecule has 0 aliphatic heterocycles. The number of aromatic amines is 1. The Morgan fingerprint density at radius 1 is 1.10 bits per heavy atom. The van der Waals surface area contributed by atoms with E-state index >= 15 is 0 Å². The molecule has 0 aromatic carbocycles. The van der Waals surface area contributed by atoms with Crippen LogP contribution in [0.2, 0.25) is 0 Å². The molecule has 3 amide bonds. The molecule has 1 aromatic rings. The molecule has 12 nitrogen and oxygen atoms in total. The van der Waals surface area contributed by atoms with E-state index in [1.807, 2.05) is 0 Å². The van der Waals surface area contributed by atoms with Crippen molar-refractivity contribution in [3.63, 3.8) is 0 Å². The number of amides is 3. The first kappa shape index (κ1) is 26.4. The third kappa shape index (κ3) is 8.19. The fourth-order valence-electron chi connectivity index (χ4n) is 2.61. The van der Waals surface area contributed by atoms with E-state index in [4.69, 9.17) is 5.73 Å². The molecule has 0 fully saturated rings. The summed E-state index contributed by atoms with van der Waals surface area (Å²) in [7, 11) is 0. The standard InChI is InChI=1S/C18H30N6O6S/c1-8(2)13(23-15(26)11(19)6-31)17(28)22-12(4-10-5-20-7-21-10)16(27)24-14(9(3)25)18(29)30/h5,7-9,11-14,25,31H,4,6,19H2,1-3H3,(H,20,21)(H,22,28)(H,23,26)(H,24,27)(H,29,30). The lowest BCUT2D eigenvalue weighted by atomic mass is 10.0. The fraction of sp³-hybridized carbons (Fsp3) is 0.611. The Bertz CT molecular complexity index is 757. The normalized spacial score (nSPS) is 16.0. The van der Waals surface area contributed by atoms with Gasteiger partial charge in [-0.2, -0.15) is 12.6 Å². The molecule has 0 saturated carbocycles. The lowest BCUT2D eigenvalue weighted by Crippen LogP contribution is -2.59. The minimum atomic E-state index is -1.57. The number of H-pyrrole nitrogens is 1. The summed E-state index contributed by atoms with van der Waals surface area (Å²) in [5, 5.41) is 26.1. The maximum atomic E-state index is 12.9. The van der Waals surface area contributed by atoms with Gasteiger partial charge in [0, 0.05) is 24.1 Å². The summed E-state index contributed by atoms with van der Waals surface area (Å²) < 4.78 is 0. The third-order valence-corrected chi connectivity index (χ3v) is 4.83. The molecule has 31 heavy (non-hydrogen) atoms. The lowest BCUT2D eigenvalue weighted by Gasteiger charge is -2.27. The molecule has 13 heteroatoms. The van der Waals surface area contributed by atoms with E-state index in [1.54, 1.807) is 13.8 Å². The fourth-order valence-corrected chi connectivity index (χ4v) is 2.77. The Balaban J connectivity index is 3.03. The van der Waals surface area contributed by atoms with Crippen LogP contribution in [0.5, 0.6) is 0 Å². The average Bonchev–Trinajstić information content (AvgIpc) is 3.20. The second-order valence-electron chi connectivity index (χ2n) is 7.43. The predicted molar refractivity (Wildman–Crippen MR) is 114 cm³/mol. The first-order chi connectivity index (χ1) is 14.5. The molecule has 8 N–H and O–H groups in total. The maximum absolute atomic E-state index is 12.9. The van der Waals surface area contributed by atoms with E-state index < -0.39 is 54.0 Å². The van der Waals surface area contributed by atoms with Crippen molar-refractivity contribution >= 4 is 36.3 Å². The van der Waals surface area contributed by atoms with Gasteiger partial charge in [-0.3, -0.25) is 14.4 Å². The molecule has 0 aliphatic carbocycles. The Morgan fingerprint density at radius 2 is 1.71 bits per heavy atom. The van der Waals surface area contributed by atoms with Crippen LogP contribution in [0.4, 0.5) is 0 Å². The number of nitrogens with two attached hydrogens (primary N) is 1. The molecule has 5 unspecified atom stereocenters. The smallest absolute Gasteiger partial charge is 0.328 e. The minimum absolute atomic E-state index is 0.0291. The Morgan fingerprint density at radius 3 is 2.16 bits per heavy atom. The van der Waals surface area contributed by atoms with Crippen molar-refractivity contribution in [1.82, 2.24) is 25.9 Å². The van der Waals surface area contributed by atoms with Gasteiger partial charge < -0.3 is 36.9 Å².